The van der Waals surface area contributed by atoms with Gasteiger partial charge in [-0.15, -0.1) is 12.4 Å². The number of pyridine rings is 1. The van der Waals surface area contributed by atoms with Gasteiger partial charge in [0.1, 0.15) is 0 Å². The van der Waals surface area contributed by atoms with Crippen LogP contribution in [0.25, 0.3) is 0 Å². The second-order valence-electron chi connectivity index (χ2n) is 6.85. The number of hydrogen-bond donors (Lipinski definition) is 1. The van der Waals surface area contributed by atoms with Crippen molar-refractivity contribution in [2.45, 2.75) is 32.4 Å². The highest BCUT2D eigenvalue weighted by Gasteiger charge is 2.30. The third kappa shape index (κ3) is 3.76. The first kappa shape index (κ1) is 18.4. The van der Waals surface area contributed by atoms with Gasteiger partial charge in [-0.05, 0) is 32.4 Å². The molecule has 2 aromatic rings. The molecule has 0 bridgehead atoms. The molecular weight excluding hydrogens is 326 g/mol. The van der Waals surface area contributed by atoms with Crippen molar-refractivity contribution in [2.75, 3.05) is 19.6 Å². The molecule has 3 rings (SSSR count). The monoisotopic (exact) mass is 349 g/mol. The van der Waals surface area contributed by atoms with Crippen molar-refractivity contribution in [3.05, 3.63) is 48.0 Å². The Morgan fingerprint density at radius 3 is 2.75 bits per heavy atom. The summed E-state index contributed by atoms with van der Waals surface area (Å²) in [4.78, 5) is 19.0. The lowest BCUT2D eigenvalue weighted by molar-refractivity contribution is 0.0634. The van der Waals surface area contributed by atoms with Crippen LogP contribution in [0.2, 0.25) is 0 Å². The highest BCUT2D eigenvalue weighted by atomic mass is 35.5. The smallest absolute Gasteiger partial charge is 0.257 e. The summed E-state index contributed by atoms with van der Waals surface area (Å²) in [5.41, 5.74) is 1.55. The number of halogens is 1. The number of rotatable bonds is 2. The average molecular weight is 350 g/mol. The van der Waals surface area contributed by atoms with E-state index in [4.69, 9.17) is 0 Å². The summed E-state index contributed by atoms with van der Waals surface area (Å²) in [6.45, 7) is 8.42. The van der Waals surface area contributed by atoms with E-state index < -0.39 is 0 Å². The maximum Gasteiger partial charge on any atom is 0.257 e. The minimum atomic E-state index is -0.134. The molecule has 1 atom stereocenters. The van der Waals surface area contributed by atoms with E-state index in [0.717, 1.165) is 18.7 Å². The first-order chi connectivity index (χ1) is 11.0. The lowest BCUT2D eigenvalue weighted by Crippen LogP contribution is -2.48. The molecule has 1 aliphatic heterocycles. The van der Waals surface area contributed by atoms with Crippen molar-refractivity contribution in [2.24, 2.45) is 0 Å². The van der Waals surface area contributed by atoms with Gasteiger partial charge in [0.2, 0.25) is 0 Å². The van der Waals surface area contributed by atoms with Crippen LogP contribution in [0.15, 0.2) is 36.9 Å². The van der Waals surface area contributed by atoms with Crippen LogP contribution in [-0.4, -0.2) is 45.2 Å². The summed E-state index contributed by atoms with van der Waals surface area (Å²) < 4.78 is 1.83. The SMILES string of the molecule is CC(C)(C)n1cc(C(=O)N2CCNCC2c2cccnc2)cn1.Cl. The average Bonchev–Trinajstić information content (AvgIpc) is 3.05. The lowest BCUT2D eigenvalue weighted by Gasteiger charge is -2.36. The third-order valence-corrected chi connectivity index (χ3v) is 4.09. The molecular formula is C17H24ClN5O. The predicted octanol–water partition coefficient (Wildman–Crippen LogP) is 2.24. The van der Waals surface area contributed by atoms with E-state index in [-0.39, 0.29) is 29.9 Å². The second kappa shape index (κ2) is 7.32. The molecule has 1 saturated heterocycles. The molecule has 0 aromatic carbocycles. The van der Waals surface area contributed by atoms with E-state index in [1.54, 1.807) is 12.4 Å². The summed E-state index contributed by atoms with van der Waals surface area (Å²) in [6.07, 6.45) is 7.08. The maximum absolute atomic E-state index is 12.9. The third-order valence-electron chi connectivity index (χ3n) is 4.09. The van der Waals surface area contributed by atoms with Crippen molar-refractivity contribution in [1.29, 1.82) is 0 Å². The molecule has 3 heterocycles. The Morgan fingerprint density at radius 1 is 1.33 bits per heavy atom. The number of nitrogens with one attached hydrogen (secondary N) is 1. The number of nitrogens with zero attached hydrogens (tertiary/aromatic N) is 4. The largest absolute Gasteiger partial charge is 0.329 e. The van der Waals surface area contributed by atoms with E-state index in [2.05, 4.69) is 36.2 Å². The first-order valence-electron chi connectivity index (χ1n) is 7.93. The number of hydrogen-bond acceptors (Lipinski definition) is 4. The molecule has 24 heavy (non-hydrogen) atoms. The number of aromatic nitrogens is 3. The van der Waals surface area contributed by atoms with Gasteiger partial charge in [0.25, 0.3) is 5.91 Å². The number of amides is 1. The summed E-state index contributed by atoms with van der Waals surface area (Å²) in [7, 11) is 0. The van der Waals surface area contributed by atoms with Gasteiger partial charge < -0.3 is 10.2 Å². The molecule has 0 aliphatic carbocycles. The Bertz CT molecular complexity index is 680. The van der Waals surface area contributed by atoms with Gasteiger partial charge in [-0.1, -0.05) is 6.07 Å². The van der Waals surface area contributed by atoms with E-state index in [9.17, 15) is 4.79 Å². The van der Waals surface area contributed by atoms with Gasteiger partial charge in [0, 0.05) is 38.2 Å². The Hall–Kier alpha value is -1.92. The van der Waals surface area contributed by atoms with Crippen molar-refractivity contribution in [3.63, 3.8) is 0 Å². The fourth-order valence-corrected chi connectivity index (χ4v) is 2.78. The Balaban J connectivity index is 0.00000208. The summed E-state index contributed by atoms with van der Waals surface area (Å²) in [6, 6.07) is 3.93. The van der Waals surface area contributed by atoms with Gasteiger partial charge in [0.05, 0.1) is 23.3 Å². The fourth-order valence-electron chi connectivity index (χ4n) is 2.78. The first-order valence-corrected chi connectivity index (χ1v) is 7.93. The molecule has 1 N–H and O–H groups in total. The Labute approximate surface area is 148 Å². The number of carbonyl (C=O) groups is 1. The van der Waals surface area contributed by atoms with Crippen LogP contribution in [0.5, 0.6) is 0 Å². The zero-order valence-electron chi connectivity index (χ0n) is 14.3. The van der Waals surface area contributed by atoms with Crippen LogP contribution in [0.1, 0.15) is 42.7 Å². The van der Waals surface area contributed by atoms with Crippen molar-refractivity contribution in [3.8, 4) is 0 Å². The van der Waals surface area contributed by atoms with E-state index in [0.29, 0.717) is 12.1 Å². The summed E-state index contributed by atoms with van der Waals surface area (Å²) in [5.74, 6) is 0.0239. The van der Waals surface area contributed by atoms with Crippen molar-refractivity contribution >= 4 is 18.3 Å². The molecule has 130 valence electrons. The molecule has 0 radical (unpaired) electrons. The van der Waals surface area contributed by atoms with Crippen LogP contribution >= 0.6 is 12.4 Å². The molecule has 1 fully saturated rings. The fraction of sp³-hybridized carbons (Fsp3) is 0.471. The van der Waals surface area contributed by atoms with Gasteiger partial charge >= 0.3 is 0 Å². The second-order valence-corrected chi connectivity index (χ2v) is 6.85. The number of piperazine rings is 1. The van der Waals surface area contributed by atoms with Gasteiger partial charge in [-0.3, -0.25) is 14.5 Å². The molecule has 6 nitrogen and oxygen atoms in total. The van der Waals surface area contributed by atoms with E-state index >= 15 is 0 Å². The van der Waals surface area contributed by atoms with Gasteiger partial charge in [0.15, 0.2) is 0 Å². The molecule has 1 unspecified atom stereocenters. The van der Waals surface area contributed by atoms with Crippen LogP contribution in [0.3, 0.4) is 0 Å². The zero-order valence-corrected chi connectivity index (χ0v) is 15.1. The van der Waals surface area contributed by atoms with Crippen molar-refractivity contribution < 1.29 is 4.79 Å². The zero-order chi connectivity index (χ0) is 16.4. The highest BCUT2D eigenvalue weighted by Crippen LogP contribution is 2.24. The molecule has 7 heteroatoms. The molecule has 2 aromatic heterocycles. The van der Waals surface area contributed by atoms with E-state index in [1.807, 2.05) is 34.1 Å². The Kier molecular flexibility index (Phi) is 5.62. The van der Waals surface area contributed by atoms with Crippen LogP contribution in [0.4, 0.5) is 0 Å². The summed E-state index contributed by atoms with van der Waals surface area (Å²) >= 11 is 0. The minimum absolute atomic E-state index is 0. The maximum atomic E-state index is 12.9. The normalized spacial score (nSPS) is 18.1. The van der Waals surface area contributed by atoms with E-state index in [1.165, 1.54) is 0 Å². The molecule has 1 aliphatic rings. The van der Waals surface area contributed by atoms with Gasteiger partial charge in [-0.25, -0.2) is 0 Å². The van der Waals surface area contributed by atoms with Crippen LogP contribution < -0.4 is 5.32 Å². The molecule has 0 spiro atoms. The quantitative estimate of drug-likeness (QED) is 0.903. The molecule has 1 amide bonds. The molecule has 0 saturated carbocycles. The van der Waals surface area contributed by atoms with Gasteiger partial charge in [-0.2, -0.15) is 5.10 Å². The van der Waals surface area contributed by atoms with Crippen molar-refractivity contribution in [1.82, 2.24) is 25.0 Å². The predicted molar refractivity (Wildman–Crippen MR) is 95.4 cm³/mol. The van der Waals surface area contributed by atoms with Crippen LogP contribution in [0, 0.1) is 0 Å². The van der Waals surface area contributed by atoms with Crippen LogP contribution in [-0.2, 0) is 5.54 Å². The summed E-state index contributed by atoms with van der Waals surface area (Å²) in [5, 5.41) is 7.70. The topological polar surface area (TPSA) is 63.1 Å². The number of carbonyl (C=O) groups excluding carboxylic acids is 1. The minimum Gasteiger partial charge on any atom is -0.329 e. The standard InChI is InChI=1S/C17H23N5O.ClH/c1-17(2,3)22-12-14(10-20-22)16(23)21-8-7-19-11-15(21)13-5-4-6-18-9-13;/h4-6,9-10,12,15,19H,7-8,11H2,1-3H3;1H. The Morgan fingerprint density at radius 2 is 2.12 bits per heavy atom. The lowest BCUT2D eigenvalue weighted by atomic mass is 10.0. The highest BCUT2D eigenvalue weighted by molar-refractivity contribution is 5.94.